The van der Waals surface area contributed by atoms with Crippen molar-refractivity contribution in [3.05, 3.63) is 115 Å². The summed E-state index contributed by atoms with van der Waals surface area (Å²) in [7, 11) is 0. The molecule has 1 saturated carbocycles. The van der Waals surface area contributed by atoms with Crippen LogP contribution >= 0.6 is 0 Å². The van der Waals surface area contributed by atoms with Gasteiger partial charge in [0.15, 0.2) is 0 Å². The second kappa shape index (κ2) is 10.2. The Morgan fingerprint density at radius 2 is 1.00 bits per heavy atom. The zero-order chi connectivity index (χ0) is 17.9. The average molecular weight is 341 g/mol. The highest BCUT2D eigenvalue weighted by Crippen LogP contribution is 2.35. The summed E-state index contributed by atoms with van der Waals surface area (Å²) in [6.07, 6.45) is 3.71. The van der Waals surface area contributed by atoms with E-state index < -0.39 is 0 Å². The van der Waals surface area contributed by atoms with Crippen molar-refractivity contribution in [2.75, 3.05) is 5.32 Å². The Kier molecular flexibility index (Phi) is 7.10. The Balaban J connectivity index is 1.86. The molecule has 0 radical (unpaired) electrons. The first-order chi connectivity index (χ1) is 12.9. The lowest BCUT2D eigenvalue weighted by Gasteiger charge is -2.22. The van der Waals surface area contributed by atoms with Crippen LogP contribution in [0.15, 0.2) is 109 Å². The first kappa shape index (κ1) is 18.0. The molecule has 2 unspecified atom stereocenters. The van der Waals surface area contributed by atoms with Crippen LogP contribution in [0.4, 0.5) is 5.69 Å². The number of anilines is 1. The summed E-state index contributed by atoms with van der Waals surface area (Å²) in [5.74, 6) is 0.539. The Labute approximate surface area is 157 Å². The van der Waals surface area contributed by atoms with E-state index in [1.54, 1.807) is 0 Å². The fraction of sp³-hybridized carbons (Fsp3) is 0.200. The van der Waals surface area contributed by atoms with Crippen molar-refractivity contribution in [2.45, 2.75) is 31.2 Å². The van der Waals surface area contributed by atoms with E-state index in [2.05, 4.69) is 96.3 Å². The van der Waals surface area contributed by atoms with Crippen LogP contribution in [0.5, 0.6) is 0 Å². The molecular weight excluding hydrogens is 314 g/mol. The molecule has 132 valence electrons. The Morgan fingerprint density at radius 1 is 0.538 bits per heavy atom. The topological polar surface area (TPSA) is 12.0 Å². The van der Waals surface area contributed by atoms with Crippen LogP contribution in [0.1, 0.15) is 30.7 Å². The standard InChI is InChI=1S/C25H27N/c1-3-7-11-16-22(17-12-8-4-1)24-20-15-21-25(24)26-23-18-13-9-5-2-6-10-14-19-23/h1-14,16-19,24-26H,15,20-21H2. The molecule has 0 spiro atoms. The molecule has 1 aliphatic rings. The van der Waals surface area contributed by atoms with Crippen LogP contribution in [0.3, 0.4) is 0 Å². The normalized spacial score (nSPS) is 18.3. The van der Waals surface area contributed by atoms with Gasteiger partial charge in [0.05, 0.1) is 0 Å². The maximum Gasteiger partial charge on any atom is 0.0342 e. The minimum Gasteiger partial charge on any atom is -0.382 e. The molecule has 0 heterocycles. The van der Waals surface area contributed by atoms with E-state index in [-0.39, 0.29) is 0 Å². The SMILES string of the molecule is c1ccccc(NC2CCCC2c2ccccccccc2)cccc1. The smallest absolute Gasteiger partial charge is 0.0342 e. The zero-order valence-electron chi connectivity index (χ0n) is 15.2. The van der Waals surface area contributed by atoms with E-state index in [9.17, 15) is 0 Å². The maximum atomic E-state index is 3.78. The predicted octanol–water partition coefficient (Wildman–Crippen LogP) is 6.68. The third-order valence-corrected chi connectivity index (χ3v) is 4.76. The van der Waals surface area contributed by atoms with E-state index in [1.165, 1.54) is 30.5 Å². The van der Waals surface area contributed by atoms with Gasteiger partial charge in [-0.25, -0.2) is 0 Å². The van der Waals surface area contributed by atoms with Crippen LogP contribution in [-0.4, -0.2) is 6.04 Å². The van der Waals surface area contributed by atoms with E-state index in [1.807, 2.05) is 18.2 Å². The fourth-order valence-corrected chi connectivity index (χ4v) is 3.49. The van der Waals surface area contributed by atoms with Crippen LogP contribution in [-0.2, 0) is 0 Å². The molecule has 3 rings (SSSR count). The molecule has 26 heavy (non-hydrogen) atoms. The quantitative estimate of drug-likeness (QED) is 0.656. The third kappa shape index (κ3) is 5.63. The second-order valence-corrected chi connectivity index (χ2v) is 6.60. The molecule has 1 nitrogen and oxygen atoms in total. The third-order valence-electron chi connectivity index (χ3n) is 4.76. The van der Waals surface area contributed by atoms with Crippen LogP contribution < -0.4 is 5.32 Å². The lowest BCUT2D eigenvalue weighted by atomic mass is 9.94. The van der Waals surface area contributed by atoms with Gasteiger partial charge in [0.1, 0.15) is 0 Å². The molecule has 1 aliphatic carbocycles. The molecule has 0 bridgehead atoms. The lowest BCUT2D eigenvalue weighted by Crippen LogP contribution is -2.22. The second-order valence-electron chi connectivity index (χ2n) is 6.60. The first-order valence-electron chi connectivity index (χ1n) is 9.47. The molecule has 0 aliphatic heterocycles. The highest BCUT2D eigenvalue weighted by atomic mass is 14.9. The van der Waals surface area contributed by atoms with Gasteiger partial charge < -0.3 is 5.32 Å². The summed E-state index contributed by atoms with van der Waals surface area (Å²) in [4.78, 5) is 0. The summed E-state index contributed by atoms with van der Waals surface area (Å²) in [5, 5.41) is 3.78. The van der Waals surface area contributed by atoms with Gasteiger partial charge in [-0.1, -0.05) is 103 Å². The molecule has 1 heteroatoms. The van der Waals surface area contributed by atoms with Gasteiger partial charge in [0.25, 0.3) is 0 Å². The average Bonchev–Trinajstić information content (AvgIpc) is 3.13. The van der Waals surface area contributed by atoms with Gasteiger partial charge >= 0.3 is 0 Å². The Morgan fingerprint density at radius 3 is 1.54 bits per heavy atom. The van der Waals surface area contributed by atoms with Crippen molar-refractivity contribution in [1.82, 2.24) is 0 Å². The van der Waals surface area contributed by atoms with E-state index >= 15 is 0 Å². The number of nitrogens with one attached hydrogen (secondary N) is 1. The molecule has 2 atom stereocenters. The summed E-state index contributed by atoms with van der Waals surface area (Å²) >= 11 is 0. The zero-order valence-corrected chi connectivity index (χ0v) is 15.2. The molecule has 1 fully saturated rings. The van der Waals surface area contributed by atoms with Crippen LogP contribution in [0.25, 0.3) is 0 Å². The minimum absolute atomic E-state index is 0.466. The Bertz CT molecular complexity index is 747. The summed E-state index contributed by atoms with van der Waals surface area (Å²) < 4.78 is 0. The highest BCUT2D eigenvalue weighted by Gasteiger charge is 2.27. The van der Waals surface area contributed by atoms with Crippen molar-refractivity contribution in [3.8, 4) is 0 Å². The molecule has 0 aromatic heterocycles. The van der Waals surface area contributed by atoms with Crippen molar-refractivity contribution < 1.29 is 0 Å². The predicted molar refractivity (Wildman–Crippen MR) is 112 cm³/mol. The summed E-state index contributed by atoms with van der Waals surface area (Å²) in [6, 6.07) is 38.4. The maximum absolute atomic E-state index is 3.78. The van der Waals surface area contributed by atoms with Crippen LogP contribution in [0, 0.1) is 0 Å². The molecule has 0 saturated heterocycles. The van der Waals surface area contributed by atoms with Crippen molar-refractivity contribution in [2.24, 2.45) is 0 Å². The largest absolute Gasteiger partial charge is 0.382 e. The van der Waals surface area contributed by atoms with Crippen molar-refractivity contribution in [3.63, 3.8) is 0 Å². The van der Waals surface area contributed by atoms with E-state index in [0.717, 1.165) is 0 Å². The molecule has 2 aromatic carbocycles. The van der Waals surface area contributed by atoms with Gasteiger partial charge in [0, 0.05) is 17.6 Å². The van der Waals surface area contributed by atoms with E-state index in [0.29, 0.717) is 12.0 Å². The Hall–Kier alpha value is -2.80. The first-order valence-corrected chi connectivity index (χ1v) is 9.47. The number of hydrogen-bond acceptors (Lipinski definition) is 1. The number of hydrogen-bond donors (Lipinski definition) is 1. The van der Waals surface area contributed by atoms with Gasteiger partial charge in [-0.15, -0.1) is 0 Å². The highest BCUT2D eigenvalue weighted by molar-refractivity contribution is 5.43. The lowest BCUT2D eigenvalue weighted by molar-refractivity contribution is 0.651. The minimum atomic E-state index is 0.466. The number of rotatable bonds is 3. The van der Waals surface area contributed by atoms with E-state index in [4.69, 9.17) is 0 Å². The molecular formula is C25H27N. The molecule has 0 amide bonds. The van der Waals surface area contributed by atoms with Gasteiger partial charge in [-0.2, -0.15) is 0 Å². The molecule has 1 N–H and O–H groups in total. The summed E-state index contributed by atoms with van der Waals surface area (Å²) in [5.41, 5.74) is 2.57. The van der Waals surface area contributed by atoms with Crippen molar-refractivity contribution in [1.29, 1.82) is 0 Å². The fourth-order valence-electron chi connectivity index (χ4n) is 3.49. The van der Waals surface area contributed by atoms with Gasteiger partial charge in [-0.3, -0.25) is 0 Å². The molecule has 2 aromatic rings. The monoisotopic (exact) mass is 341 g/mol. The van der Waals surface area contributed by atoms with Gasteiger partial charge in [-0.05, 0) is 30.5 Å². The van der Waals surface area contributed by atoms with Crippen LogP contribution in [0.2, 0.25) is 0 Å². The van der Waals surface area contributed by atoms with Gasteiger partial charge in [0.2, 0.25) is 0 Å². The summed E-state index contributed by atoms with van der Waals surface area (Å²) in [6.45, 7) is 0. The van der Waals surface area contributed by atoms with Crippen molar-refractivity contribution >= 4 is 5.69 Å².